The van der Waals surface area contributed by atoms with Crippen molar-refractivity contribution in [3.63, 3.8) is 0 Å². The average Bonchev–Trinajstić information content (AvgIpc) is 3.37. The number of Topliss-reactive ketones (excluding diaryl/α,β-unsaturated/α-hetero) is 1. The second-order valence-corrected chi connectivity index (χ2v) is 8.03. The van der Waals surface area contributed by atoms with Crippen molar-refractivity contribution in [3.05, 3.63) is 46.5 Å². The number of rotatable bonds is 4. The highest BCUT2D eigenvalue weighted by molar-refractivity contribution is 5.99. The molecule has 0 saturated carbocycles. The smallest absolute Gasteiger partial charge is 0.374 e. The Balaban J connectivity index is 1.54. The number of carbonyl (C=O) groups excluding carboxylic acids is 1. The number of halogens is 3. The maximum Gasteiger partial charge on any atom is 0.408 e. The van der Waals surface area contributed by atoms with Crippen molar-refractivity contribution in [2.45, 2.75) is 43.8 Å². The standard InChI is InChI=1S/C20H20F3N5O3/c21-20(22,23)16-3-6-26-18(30)8-17(27-9-14-7-13(27)11-31-14)25-19(26)28(16)10-15(29)12-1-4-24-5-2-12/h1-2,4-5,8,13-14,16H,3,6-7,9-11H2/t13-,14+,16-/m0/s1. The van der Waals surface area contributed by atoms with E-state index in [1.54, 1.807) is 0 Å². The van der Waals surface area contributed by atoms with Gasteiger partial charge < -0.3 is 14.5 Å². The van der Waals surface area contributed by atoms with E-state index < -0.39 is 30.1 Å². The van der Waals surface area contributed by atoms with E-state index in [2.05, 4.69) is 9.97 Å². The molecule has 3 aliphatic heterocycles. The topological polar surface area (TPSA) is 80.6 Å². The summed E-state index contributed by atoms with van der Waals surface area (Å²) in [7, 11) is 0. The molecule has 5 heterocycles. The lowest BCUT2D eigenvalue weighted by Crippen LogP contribution is -2.54. The van der Waals surface area contributed by atoms with Crippen LogP contribution in [-0.4, -0.2) is 64.4 Å². The van der Waals surface area contributed by atoms with Gasteiger partial charge in [0.15, 0.2) is 5.78 Å². The van der Waals surface area contributed by atoms with E-state index in [0.717, 1.165) is 11.3 Å². The van der Waals surface area contributed by atoms with Crippen molar-refractivity contribution in [3.8, 4) is 0 Å². The summed E-state index contributed by atoms with van der Waals surface area (Å²) >= 11 is 0. The molecule has 31 heavy (non-hydrogen) atoms. The van der Waals surface area contributed by atoms with Crippen LogP contribution in [0.25, 0.3) is 0 Å². The van der Waals surface area contributed by atoms with Gasteiger partial charge in [0, 0.05) is 37.1 Å². The zero-order chi connectivity index (χ0) is 21.8. The van der Waals surface area contributed by atoms with E-state index in [4.69, 9.17) is 4.74 Å². The number of aromatic nitrogens is 3. The van der Waals surface area contributed by atoms with E-state index in [1.165, 1.54) is 35.2 Å². The van der Waals surface area contributed by atoms with Gasteiger partial charge >= 0.3 is 6.18 Å². The van der Waals surface area contributed by atoms with Crippen LogP contribution in [-0.2, 0) is 11.3 Å². The molecule has 5 rings (SSSR count). The fourth-order valence-electron chi connectivity index (χ4n) is 4.59. The quantitative estimate of drug-likeness (QED) is 0.676. The van der Waals surface area contributed by atoms with Crippen LogP contribution in [0.15, 0.2) is 35.4 Å². The highest BCUT2D eigenvalue weighted by atomic mass is 19.4. The van der Waals surface area contributed by atoms with Crippen LogP contribution in [0.3, 0.4) is 0 Å². The van der Waals surface area contributed by atoms with Gasteiger partial charge in [-0.15, -0.1) is 0 Å². The Morgan fingerprint density at radius 3 is 2.68 bits per heavy atom. The highest BCUT2D eigenvalue weighted by Crippen LogP contribution is 2.36. The zero-order valence-electron chi connectivity index (χ0n) is 16.5. The molecule has 11 heteroatoms. The van der Waals surface area contributed by atoms with E-state index in [9.17, 15) is 22.8 Å². The fourth-order valence-corrected chi connectivity index (χ4v) is 4.59. The monoisotopic (exact) mass is 435 g/mol. The molecule has 2 fully saturated rings. The lowest BCUT2D eigenvalue weighted by Gasteiger charge is -2.39. The van der Waals surface area contributed by atoms with E-state index in [-0.39, 0.29) is 36.6 Å². The summed E-state index contributed by atoms with van der Waals surface area (Å²) in [6.45, 7) is 0.388. The van der Waals surface area contributed by atoms with Crippen molar-refractivity contribution < 1.29 is 22.7 Å². The average molecular weight is 435 g/mol. The molecule has 2 aromatic rings. The second-order valence-electron chi connectivity index (χ2n) is 8.03. The maximum absolute atomic E-state index is 13.9. The molecule has 0 radical (unpaired) electrons. The van der Waals surface area contributed by atoms with E-state index in [0.29, 0.717) is 19.0 Å². The lowest BCUT2D eigenvalue weighted by atomic mass is 10.1. The predicted octanol–water partition coefficient (Wildman–Crippen LogP) is 1.64. The van der Waals surface area contributed by atoms with Crippen molar-refractivity contribution in [2.24, 2.45) is 0 Å². The van der Waals surface area contributed by atoms with Crippen molar-refractivity contribution in [1.82, 2.24) is 14.5 Å². The van der Waals surface area contributed by atoms with Crippen LogP contribution in [0, 0.1) is 0 Å². The summed E-state index contributed by atoms with van der Waals surface area (Å²) in [5.41, 5.74) is -0.175. The Kier molecular flexibility index (Phi) is 4.72. The number of alkyl halides is 3. The molecule has 164 valence electrons. The summed E-state index contributed by atoms with van der Waals surface area (Å²) in [5, 5.41) is 0. The Hall–Kier alpha value is -2.95. The summed E-state index contributed by atoms with van der Waals surface area (Å²) in [6, 6.07) is 2.41. The summed E-state index contributed by atoms with van der Waals surface area (Å²) in [5.74, 6) is -0.295. The number of fused-ring (bicyclic) bond motifs is 3. The first-order valence-electron chi connectivity index (χ1n) is 10.1. The van der Waals surface area contributed by atoms with E-state index in [1.807, 2.05) is 4.90 Å². The van der Waals surface area contributed by atoms with Crippen LogP contribution >= 0.6 is 0 Å². The second kappa shape index (κ2) is 7.33. The van der Waals surface area contributed by atoms with Crippen LogP contribution < -0.4 is 15.4 Å². The first-order valence-corrected chi connectivity index (χ1v) is 10.1. The van der Waals surface area contributed by atoms with Gasteiger partial charge in [0.25, 0.3) is 5.56 Å². The largest absolute Gasteiger partial charge is 0.408 e. The number of pyridine rings is 1. The zero-order valence-corrected chi connectivity index (χ0v) is 16.5. The third kappa shape index (κ3) is 3.56. The Labute approximate surface area is 175 Å². The number of carbonyl (C=O) groups is 1. The van der Waals surface area contributed by atoms with Gasteiger partial charge in [0.1, 0.15) is 11.9 Å². The number of ether oxygens (including phenoxy) is 1. The molecule has 0 aromatic carbocycles. The van der Waals surface area contributed by atoms with Crippen LogP contribution in [0.5, 0.6) is 0 Å². The third-order valence-corrected chi connectivity index (χ3v) is 6.12. The number of hydrogen-bond donors (Lipinski definition) is 0. The van der Waals surface area contributed by atoms with Crippen LogP contribution in [0.4, 0.5) is 24.9 Å². The molecule has 0 N–H and O–H groups in total. The summed E-state index contributed by atoms with van der Waals surface area (Å²) in [4.78, 5) is 36.6. The molecule has 0 amide bonds. The number of nitrogens with zero attached hydrogens (tertiary/aromatic N) is 5. The van der Waals surface area contributed by atoms with Crippen LogP contribution in [0.2, 0.25) is 0 Å². The molecular weight excluding hydrogens is 415 g/mol. The van der Waals surface area contributed by atoms with Crippen molar-refractivity contribution in [2.75, 3.05) is 29.5 Å². The normalized spacial score (nSPS) is 25.1. The molecular formula is C20H20F3N5O3. The van der Waals surface area contributed by atoms with Gasteiger partial charge in [-0.1, -0.05) is 0 Å². The fraction of sp³-hybridized carbons (Fsp3) is 0.500. The molecule has 0 spiro atoms. The van der Waals surface area contributed by atoms with Crippen molar-refractivity contribution in [1.29, 1.82) is 0 Å². The third-order valence-electron chi connectivity index (χ3n) is 6.12. The molecule has 2 bridgehead atoms. The Morgan fingerprint density at radius 2 is 2.03 bits per heavy atom. The van der Waals surface area contributed by atoms with Gasteiger partial charge in [-0.2, -0.15) is 18.2 Å². The number of ketones is 1. The van der Waals surface area contributed by atoms with Gasteiger partial charge in [-0.3, -0.25) is 19.1 Å². The summed E-state index contributed by atoms with van der Waals surface area (Å²) in [6.07, 6.45) is -1.25. The number of anilines is 2. The first-order chi connectivity index (χ1) is 14.8. The molecule has 2 saturated heterocycles. The number of morpholine rings is 1. The SMILES string of the molecule is O=C(CN1c2nc(N3C[C@H]4C[C@H]3CO4)cc(=O)n2CC[C@H]1C(F)(F)F)c1ccncc1. The maximum atomic E-state index is 13.9. The minimum absolute atomic E-state index is 0.0397. The molecule has 0 unspecified atom stereocenters. The molecule has 3 atom stereocenters. The first kappa shape index (κ1) is 20.0. The van der Waals surface area contributed by atoms with Crippen molar-refractivity contribution >= 4 is 17.5 Å². The summed E-state index contributed by atoms with van der Waals surface area (Å²) < 4.78 is 48.4. The van der Waals surface area contributed by atoms with Gasteiger partial charge in [0.2, 0.25) is 5.95 Å². The van der Waals surface area contributed by atoms with E-state index >= 15 is 0 Å². The van der Waals surface area contributed by atoms with Gasteiger partial charge in [-0.25, -0.2) is 0 Å². The molecule has 8 nitrogen and oxygen atoms in total. The molecule has 2 aromatic heterocycles. The number of hydrogen-bond acceptors (Lipinski definition) is 7. The lowest BCUT2D eigenvalue weighted by molar-refractivity contribution is -0.152. The molecule has 0 aliphatic carbocycles. The Morgan fingerprint density at radius 1 is 1.26 bits per heavy atom. The minimum atomic E-state index is -4.57. The van der Waals surface area contributed by atoms with Gasteiger partial charge in [-0.05, 0) is 25.0 Å². The van der Waals surface area contributed by atoms with Gasteiger partial charge in [0.05, 0.1) is 25.3 Å². The predicted molar refractivity (Wildman–Crippen MR) is 104 cm³/mol. The van der Waals surface area contributed by atoms with Crippen LogP contribution in [0.1, 0.15) is 23.2 Å². The highest BCUT2D eigenvalue weighted by Gasteiger charge is 2.48. The molecule has 3 aliphatic rings. The minimum Gasteiger partial charge on any atom is -0.374 e. The Bertz CT molecular complexity index is 1060.